The number of nitrogens with zero attached hydrogens (tertiary/aromatic N) is 2. The van der Waals surface area contributed by atoms with E-state index < -0.39 is 0 Å². The molecule has 0 aliphatic carbocycles. The van der Waals surface area contributed by atoms with E-state index in [4.69, 9.17) is 17.2 Å². The number of aryl methyl sites for hydroxylation is 2. The van der Waals surface area contributed by atoms with Crippen LogP contribution in [0.1, 0.15) is 35.7 Å². The van der Waals surface area contributed by atoms with E-state index in [9.17, 15) is 0 Å². The minimum Gasteiger partial charge on any atom is -0.348 e. The summed E-state index contributed by atoms with van der Waals surface area (Å²) in [4.78, 5) is 10.6. The van der Waals surface area contributed by atoms with Gasteiger partial charge in [-0.3, -0.25) is 0 Å². The SMILES string of the molecule is Cc1ccc(C)c(NC(=S)N2CCC[C@H](c3nc4ccccc4[nH]3)C2)c1. The highest BCUT2D eigenvalue weighted by Gasteiger charge is 2.25. The number of hydrogen-bond acceptors (Lipinski definition) is 2. The molecule has 0 saturated carbocycles. The maximum Gasteiger partial charge on any atom is 0.173 e. The molecule has 4 nitrogen and oxygen atoms in total. The van der Waals surface area contributed by atoms with E-state index in [1.54, 1.807) is 0 Å². The van der Waals surface area contributed by atoms with Crippen molar-refractivity contribution in [3.8, 4) is 0 Å². The summed E-state index contributed by atoms with van der Waals surface area (Å²) in [7, 11) is 0. The van der Waals surface area contributed by atoms with Crippen LogP contribution in [0.4, 0.5) is 5.69 Å². The van der Waals surface area contributed by atoms with Crippen LogP contribution in [-0.4, -0.2) is 33.1 Å². The molecule has 1 aliphatic heterocycles. The van der Waals surface area contributed by atoms with Crippen LogP contribution in [0.15, 0.2) is 42.5 Å². The number of anilines is 1. The number of aromatic amines is 1. The van der Waals surface area contributed by atoms with Gasteiger partial charge in [-0.25, -0.2) is 4.98 Å². The number of piperidine rings is 1. The summed E-state index contributed by atoms with van der Waals surface area (Å²) < 4.78 is 0. The third kappa shape index (κ3) is 3.44. The smallest absolute Gasteiger partial charge is 0.173 e. The Balaban J connectivity index is 1.49. The summed E-state index contributed by atoms with van der Waals surface area (Å²) in [5.41, 5.74) is 5.69. The lowest BCUT2D eigenvalue weighted by Gasteiger charge is -2.34. The molecule has 2 N–H and O–H groups in total. The Hall–Kier alpha value is -2.40. The third-order valence-electron chi connectivity index (χ3n) is 5.14. The van der Waals surface area contributed by atoms with Gasteiger partial charge in [0.05, 0.1) is 11.0 Å². The molecule has 0 spiro atoms. The van der Waals surface area contributed by atoms with Crippen LogP contribution >= 0.6 is 12.2 Å². The largest absolute Gasteiger partial charge is 0.348 e. The molecule has 26 heavy (non-hydrogen) atoms. The molecule has 1 saturated heterocycles. The van der Waals surface area contributed by atoms with Crippen LogP contribution in [-0.2, 0) is 0 Å². The van der Waals surface area contributed by atoms with Crippen molar-refractivity contribution in [3.05, 3.63) is 59.4 Å². The Morgan fingerprint density at radius 2 is 2.08 bits per heavy atom. The first-order valence-electron chi connectivity index (χ1n) is 9.18. The summed E-state index contributed by atoms with van der Waals surface area (Å²) in [6.07, 6.45) is 2.26. The second-order valence-corrected chi connectivity index (χ2v) is 7.56. The Bertz CT molecular complexity index is 913. The molecule has 1 fully saturated rings. The molecule has 0 bridgehead atoms. The summed E-state index contributed by atoms with van der Waals surface area (Å²) in [5.74, 6) is 1.46. The standard InChI is InChI=1S/C21H24N4S/c1-14-9-10-15(2)19(12-14)24-21(26)25-11-5-6-16(13-25)20-22-17-7-3-4-8-18(17)23-20/h3-4,7-10,12,16H,5-6,11,13H2,1-2H3,(H,22,23)(H,24,26)/t16-/m0/s1. The molecule has 2 aromatic carbocycles. The highest BCUT2D eigenvalue weighted by molar-refractivity contribution is 7.80. The van der Waals surface area contributed by atoms with E-state index in [-0.39, 0.29) is 0 Å². The molecule has 3 aromatic rings. The van der Waals surface area contributed by atoms with E-state index in [2.05, 4.69) is 59.4 Å². The topological polar surface area (TPSA) is 44.0 Å². The first kappa shape index (κ1) is 17.0. The van der Waals surface area contributed by atoms with Gasteiger partial charge in [0.1, 0.15) is 5.82 Å². The highest BCUT2D eigenvalue weighted by Crippen LogP contribution is 2.27. The van der Waals surface area contributed by atoms with Crippen molar-refractivity contribution >= 4 is 34.1 Å². The average Bonchev–Trinajstić information content (AvgIpc) is 3.09. The van der Waals surface area contributed by atoms with Gasteiger partial charge >= 0.3 is 0 Å². The molecular weight excluding hydrogens is 340 g/mol. The van der Waals surface area contributed by atoms with Crippen LogP contribution in [0.25, 0.3) is 11.0 Å². The lowest BCUT2D eigenvalue weighted by atomic mass is 9.98. The normalized spacial score (nSPS) is 17.5. The lowest BCUT2D eigenvalue weighted by Crippen LogP contribution is -2.41. The van der Waals surface area contributed by atoms with Gasteiger partial charge in [-0.15, -0.1) is 0 Å². The number of aromatic nitrogens is 2. The van der Waals surface area contributed by atoms with Gasteiger partial charge in [0.2, 0.25) is 0 Å². The Morgan fingerprint density at radius 1 is 1.23 bits per heavy atom. The predicted octanol–water partition coefficient (Wildman–Crippen LogP) is 4.76. The average molecular weight is 365 g/mol. The first-order valence-corrected chi connectivity index (χ1v) is 9.59. The van der Waals surface area contributed by atoms with E-state index in [1.165, 1.54) is 11.1 Å². The molecule has 1 atom stereocenters. The van der Waals surface area contributed by atoms with Gasteiger partial charge in [-0.1, -0.05) is 24.3 Å². The van der Waals surface area contributed by atoms with Crippen LogP contribution in [0, 0.1) is 13.8 Å². The number of likely N-dealkylation sites (tertiary alicyclic amines) is 1. The fraction of sp³-hybridized carbons (Fsp3) is 0.333. The fourth-order valence-electron chi connectivity index (χ4n) is 3.62. The van der Waals surface area contributed by atoms with Crippen molar-refractivity contribution in [2.75, 3.05) is 18.4 Å². The Labute approximate surface area is 159 Å². The number of benzene rings is 2. The number of para-hydroxylation sites is 2. The van der Waals surface area contributed by atoms with Crippen LogP contribution < -0.4 is 5.32 Å². The molecule has 4 rings (SSSR count). The van der Waals surface area contributed by atoms with Crippen molar-refractivity contribution in [2.24, 2.45) is 0 Å². The fourth-order valence-corrected chi connectivity index (χ4v) is 3.89. The van der Waals surface area contributed by atoms with Gasteiger partial charge in [0.25, 0.3) is 0 Å². The summed E-state index contributed by atoms with van der Waals surface area (Å²) in [5, 5.41) is 4.25. The van der Waals surface area contributed by atoms with Crippen molar-refractivity contribution in [1.29, 1.82) is 0 Å². The van der Waals surface area contributed by atoms with E-state index in [0.717, 1.165) is 53.6 Å². The monoisotopic (exact) mass is 364 g/mol. The zero-order valence-corrected chi connectivity index (χ0v) is 16.1. The quantitative estimate of drug-likeness (QED) is 0.644. The molecule has 0 amide bonds. The number of hydrogen-bond donors (Lipinski definition) is 2. The molecule has 1 aliphatic rings. The second kappa shape index (κ2) is 7.08. The molecule has 0 unspecified atom stereocenters. The molecule has 5 heteroatoms. The Kier molecular flexibility index (Phi) is 4.64. The molecule has 1 aromatic heterocycles. The summed E-state index contributed by atoms with van der Waals surface area (Å²) in [6.45, 7) is 6.11. The van der Waals surface area contributed by atoms with Crippen LogP contribution in [0.3, 0.4) is 0 Å². The molecule has 2 heterocycles. The van der Waals surface area contributed by atoms with Gasteiger partial charge in [0.15, 0.2) is 5.11 Å². The van der Waals surface area contributed by atoms with E-state index in [1.807, 2.05) is 12.1 Å². The molecular formula is C21H24N4S. The van der Waals surface area contributed by atoms with Crippen LogP contribution in [0.5, 0.6) is 0 Å². The zero-order valence-electron chi connectivity index (χ0n) is 15.2. The van der Waals surface area contributed by atoms with E-state index >= 15 is 0 Å². The molecule has 134 valence electrons. The molecule has 0 radical (unpaired) electrons. The number of imidazole rings is 1. The minimum absolute atomic E-state index is 0.384. The van der Waals surface area contributed by atoms with Crippen molar-refractivity contribution < 1.29 is 0 Å². The second-order valence-electron chi connectivity index (χ2n) is 7.17. The highest BCUT2D eigenvalue weighted by atomic mass is 32.1. The Morgan fingerprint density at radius 3 is 2.92 bits per heavy atom. The summed E-state index contributed by atoms with van der Waals surface area (Å²) in [6, 6.07) is 14.6. The van der Waals surface area contributed by atoms with Gasteiger partial charge < -0.3 is 15.2 Å². The number of nitrogens with one attached hydrogen (secondary N) is 2. The number of thiocarbonyl (C=S) groups is 1. The van der Waals surface area contributed by atoms with E-state index in [0.29, 0.717) is 5.92 Å². The number of H-pyrrole nitrogens is 1. The lowest BCUT2D eigenvalue weighted by molar-refractivity contribution is 0.307. The third-order valence-corrected chi connectivity index (χ3v) is 5.50. The van der Waals surface area contributed by atoms with Gasteiger partial charge in [0, 0.05) is 24.7 Å². The van der Waals surface area contributed by atoms with Crippen molar-refractivity contribution in [3.63, 3.8) is 0 Å². The zero-order chi connectivity index (χ0) is 18.1. The van der Waals surface area contributed by atoms with Crippen molar-refractivity contribution in [2.45, 2.75) is 32.6 Å². The maximum absolute atomic E-state index is 5.71. The maximum atomic E-state index is 5.71. The number of rotatable bonds is 2. The van der Waals surface area contributed by atoms with Gasteiger partial charge in [-0.2, -0.15) is 0 Å². The van der Waals surface area contributed by atoms with Crippen molar-refractivity contribution in [1.82, 2.24) is 14.9 Å². The van der Waals surface area contributed by atoms with Crippen LogP contribution in [0.2, 0.25) is 0 Å². The minimum atomic E-state index is 0.384. The van der Waals surface area contributed by atoms with Gasteiger partial charge in [-0.05, 0) is 68.2 Å². The number of fused-ring (bicyclic) bond motifs is 1. The summed E-state index contributed by atoms with van der Waals surface area (Å²) >= 11 is 5.71. The first-order chi connectivity index (χ1) is 12.6. The predicted molar refractivity (Wildman–Crippen MR) is 112 cm³/mol.